The lowest BCUT2D eigenvalue weighted by molar-refractivity contribution is -0.114. The molecule has 0 radical (unpaired) electrons. The van der Waals surface area contributed by atoms with Gasteiger partial charge in [0, 0.05) is 42.9 Å². The quantitative estimate of drug-likeness (QED) is 0.888. The van der Waals surface area contributed by atoms with E-state index in [0.717, 1.165) is 25.3 Å². The van der Waals surface area contributed by atoms with Crippen molar-refractivity contribution >= 4 is 0 Å². The van der Waals surface area contributed by atoms with E-state index >= 15 is 0 Å². The third-order valence-corrected chi connectivity index (χ3v) is 4.73. The Labute approximate surface area is 116 Å². The van der Waals surface area contributed by atoms with Gasteiger partial charge in [-0.3, -0.25) is 4.68 Å². The first-order valence-corrected chi connectivity index (χ1v) is 7.22. The van der Waals surface area contributed by atoms with E-state index < -0.39 is 0 Å². The van der Waals surface area contributed by atoms with Gasteiger partial charge in [-0.2, -0.15) is 5.10 Å². The monoisotopic (exact) mass is 265 g/mol. The average Bonchev–Trinajstić information content (AvgIpc) is 2.58. The van der Waals surface area contributed by atoms with Gasteiger partial charge in [-0.05, 0) is 27.2 Å². The normalized spacial score (nSPS) is 25.4. The first kappa shape index (κ1) is 14.5. The van der Waals surface area contributed by atoms with E-state index in [9.17, 15) is 0 Å². The zero-order valence-electron chi connectivity index (χ0n) is 13.1. The van der Waals surface area contributed by atoms with Crippen molar-refractivity contribution in [3.05, 3.63) is 17.0 Å². The summed E-state index contributed by atoms with van der Waals surface area (Å²) in [6, 6.07) is 0.531. The fourth-order valence-corrected chi connectivity index (χ4v) is 3.01. The molecule has 0 aliphatic heterocycles. The molecular formula is C15H27N3O. The first-order chi connectivity index (χ1) is 8.87. The Kier molecular flexibility index (Phi) is 4.02. The van der Waals surface area contributed by atoms with Gasteiger partial charge in [-0.1, -0.05) is 13.8 Å². The van der Waals surface area contributed by atoms with Crippen molar-refractivity contribution in [3.8, 4) is 0 Å². The molecule has 0 amide bonds. The molecule has 108 valence electrons. The summed E-state index contributed by atoms with van der Waals surface area (Å²) in [4.78, 5) is 0. The van der Waals surface area contributed by atoms with Gasteiger partial charge in [0.15, 0.2) is 0 Å². The van der Waals surface area contributed by atoms with E-state index in [1.165, 1.54) is 11.3 Å². The molecule has 1 aromatic heterocycles. The van der Waals surface area contributed by atoms with E-state index in [2.05, 4.69) is 45.0 Å². The Morgan fingerprint density at radius 2 is 2.11 bits per heavy atom. The second-order valence-corrected chi connectivity index (χ2v) is 6.21. The molecule has 1 aliphatic rings. The molecule has 0 saturated heterocycles. The SMILES string of the molecule is CCOC1CC(NCc2c(C)nn(C)c2C)C1(C)C. The van der Waals surface area contributed by atoms with Crippen molar-refractivity contribution in [2.24, 2.45) is 12.5 Å². The summed E-state index contributed by atoms with van der Waals surface area (Å²) < 4.78 is 7.73. The van der Waals surface area contributed by atoms with Crippen LogP contribution in [0, 0.1) is 19.3 Å². The lowest BCUT2D eigenvalue weighted by atomic mass is 9.64. The van der Waals surface area contributed by atoms with Gasteiger partial charge in [0.1, 0.15) is 0 Å². The highest BCUT2D eigenvalue weighted by atomic mass is 16.5. The van der Waals surface area contributed by atoms with Gasteiger partial charge >= 0.3 is 0 Å². The molecule has 0 aromatic carbocycles. The number of aromatic nitrogens is 2. The van der Waals surface area contributed by atoms with Crippen LogP contribution < -0.4 is 5.32 Å². The third kappa shape index (κ3) is 2.56. The molecule has 1 heterocycles. The molecule has 1 aliphatic carbocycles. The topological polar surface area (TPSA) is 39.1 Å². The van der Waals surface area contributed by atoms with Crippen LogP contribution in [-0.4, -0.2) is 28.5 Å². The van der Waals surface area contributed by atoms with Gasteiger partial charge in [0.05, 0.1) is 11.8 Å². The van der Waals surface area contributed by atoms with Crippen LogP contribution in [0.25, 0.3) is 0 Å². The number of ether oxygens (including phenoxy) is 1. The molecule has 1 aromatic rings. The fourth-order valence-electron chi connectivity index (χ4n) is 3.01. The summed E-state index contributed by atoms with van der Waals surface area (Å²) in [7, 11) is 2.00. The molecule has 1 saturated carbocycles. The third-order valence-electron chi connectivity index (χ3n) is 4.73. The predicted octanol–water partition coefficient (Wildman–Crippen LogP) is 2.33. The summed E-state index contributed by atoms with van der Waals surface area (Å²) >= 11 is 0. The van der Waals surface area contributed by atoms with Crippen molar-refractivity contribution in [1.82, 2.24) is 15.1 Å². The molecule has 1 N–H and O–H groups in total. The largest absolute Gasteiger partial charge is 0.378 e. The van der Waals surface area contributed by atoms with E-state index in [1.54, 1.807) is 0 Å². The van der Waals surface area contributed by atoms with E-state index in [-0.39, 0.29) is 5.41 Å². The van der Waals surface area contributed by atoms with Crippen LogP contribution in [-0.2, 0) is 18.3 Å². The highest BCUT2D eigenvalue weighted by molar-refractivity contribution is 5.24. The number of nitrogens with one attached hydrogen (secondary N) is 1. The van der Waals surface area contributed by atoms with Gasteiger partial charge in [0.25, 0.3) is 0 Å². The standard InChI is InChI=1S/C15H27N3O/c1-7-19-14-8-13(15(14,4)5)16-9-12-10(2)17-18(6)11(12)3/h13-14,16H,7-9H2,1-6H3. The van der Waals surface area contributed by atoms with E-state index in [0.29, 0.717) is 12.1 Å². The Bertz CT molecular complexity index is 450. The number of aryl methyl sites for hydroxylation is 2. The molecule has 2 atom stereocenters. The van der Waals surface area contributed by atoms with Crippen LogP contribution in [0.3, 0.4) is 0 Å². The summed E-state index contributed by atoms with van der Waals surface area (Å²) in [6.45, 7) is 12.6. The van der Waals surface area contributed by atoms with Crippen molar-refractivity contribution < 1.29 is 4.74 Å². The molecule has 2 unspecified atom stereocenters. The molecule has 1 fully saturated rings. The minimum Gasteiger partial charge on any atom is -0.378 e. The van der Waals surface area contributed by atoms with Crippen LogP contribution in [0.4, 0.5) is 0 Å². The van der Waals surface area contributed by atoms with Crippen LogP contribution in [0.1, 0.15) is 44.1 Å². The average molecular weight is 265 g/mol. The maximum atomic E-state index is 5.77. The second-order valence-electron chi connectivity index (χ2n) is 6.21. The maximum Gasteiger partial charge on any atom is 0.0655 e. The fraction of sp³-hybridized carbons (Fsp3) is 0.800. The van der Waals surface area contributed by atoms with Crippen molar-refractivity contribution in [2.75, 3.05) is 6.61 Å². The van der Waals surface area contributed by atoms with Crippen molar-refractivity contribution in [1.29, 1.82) is 0 Å². The summed E-state index contributed by atoms with van der Waals surface area (Å²) in [5, 5.41) is 8.14. The molecule has 19 heavy (non-hydrogen) atoms. The minimum atomic E-state index is 0.222. The van der Waals surface area contributed by atoms with Gasteiger partial charge in [-0.15, -0.1) is 0 Å². The zero-order valence-corrected chi connectivity index (χ0v) is 13.1. The Morgan fingerprint density at radius 1 is 1.42 bits per heavy atom. The van der Waals surface area contributed by atoms with Crippen LogP contribution in [0.2, 0.25) is 0 Å². The molecule has 0 spiro atoms. The van der Waals surface area contributed by atoms with Gasteiger partial charge < -0.3 is 10.1 Å². The van der Waals surface area contributed by atoms with Crippen molar-refractivity contribution in [3.63, 3.8) is 0 Å². The molecule has 4 nitrogen and oxygen atoms in total. The molecule has 0 bridgehead atoms. The molecule has 4 heteroatoms. The Morgan fingerprint density at radius 3 is 2.58 bits per heavy atom. The minimum absolute atomic E-state index is 0.222. The summed E-state index contributed by atoms with van der Waals surface area (Å²) in [5.74, 6) is 0. The maximum absolute atomic E-state index is 5.77. The smallest absolute Gasteiger partial charge is 0.0655 e. The number of nitrogens with zero attached hydrogens (tertiary/aromatic N) is 2. The van der Waals surface area contributed by atoms with Crippen LogP contribution in [0.15, 0.2) is 0 Å². The lowest BCUT2D eigenvalue weighted by Crippen LogP contribution is -2.60. The van der Waals surface area contributed by atoms with Gasteiger partial charge in [0.2, 0.25) is 0 Å². The van der Waals surface area contributed by atoms with Gasteiger partial charge in [-0.25, -0.2) is 0 Å². The summed E-state index contributed by atoms with van der Waals surface area (Å²) in [6.07, 6.45) is 1.50. The zero-order chi connectivity index (χ0) is 14.2. The molecule has 2 rings (SSSR count). The summed E-state index contributed by atoms with van der Waals surface area (Å²) in [5.41, 5.74) is 3.94. The highest BCUT2D eigenvalue weighted by Gasteiger charge is 2.48. The number of hydrogen-bond acceptors (Lipinski definition) is 3. The lowest BCUT2D eigenvalue weighted by Gasteiger charge is -2.52. The predicted molar refractivity (Wildman–Crippen MR) is 77.1 cm³/mol. The molecular weight excluding hydrogens is 238 g/mol. The van der Waals surface area contributed by atoms with Crippen LogP contribution >= 0.6 is 0 Å². The van der Waals surface area contributed by atoms with Crippen LogP contribution in [0.5, 0.6) is 0 Å². The number of hydrogen-bond donors (Lipinski definition) is 1. The Hall–Kier alpha value is -0.870. The Balaban J connectivity index is 1.94. The number of rotatable bonds is 5. The van der Waals surface area contributed by atoms with E-state index in [4.69, 9.17) is 4.74 Å². The van der Waals surface area contributed by atoms with E-state index in [1.807, 2.05) is 11.7 Å². The highest BCUT2D eigenvalue weighted by Crippen LogP contribution is 2.42. The van der Waals surface area contributed by atoms with Crippen molar-refractivity contribution in [2.45, 2.75) is 59.7 Å². The second kappa shape index (κ2) is 5.25. The first-order valence-electron chi connectivity index (χ1n) is 7.22.